The summed E-state index contributed by atoms with van der Waals surface area (Å²) >= 11 is 2.92. The van der Waals surface area contributed by atoms with E-state index in [0.29, 0.717) is 11.3 Å². The molecule has 0 spiro atoms. The highest BCUT2D eigenvalue weighted by atomic mass is 32.2. The van der Waals surface area contributed by atoms with Gasteiger partial charge in [0.05, 0.1) is 12.0 Å². The summed E-state index contributed by atoms with van der Waals surface area (Å²) in [6, 6.07) is 10.4. The largest absolute Gasteiger partial charge is 0.497 e. The Morgan fingerprint density at radius 2 is 2.04 bits per heavy atom. The van der Waals surface area contributed by atoms with Crippen molar-refractivity contribution in [2.45, 2.75) is 24.5 Å². The molecule has 0 saturated carbocycles. The van der Waals surface area contributed by atoms with Gasteiger partial charge in [-0.3, -0.25) is 0 Å². The molecule has 0 amide bonds. The van der Waals surface area contributed by atoms with E-state index in [1.165, 1.54) is 28.7 Å². The van der Waals surface area contributed by atoms with Crippen molar-refractivity contribution < 1.29 is 18.3 Å². The van der Waals surface area contributed by atoms with Crippen LogP contribution in [-0.4, -0.2) is 20.6 Å². The Balaban J connectivity index is 1.71. The molecule has 1 aromatic carbocycles. The first-order chi connectivity index (χ1) is 12.4. The van der Waals surface area contributed by atoms with Gasteiger partial charge in [-0.2, -0.15) is 11.3 Å². The summed E-state index contributed by atoms with van der Waals surface area (Å²) in [4.78, 5) is 1.86. The molecule has 0 fully saturated rings. The molecule has 2 heterocycles. The van der Waals surface area contributed by atoms with Crippen LogP contribution >= 0.6 is 22.7 Å². The van der Waals surface area contributed by atoms with Crippen LogP contribution in [0.15, 0.2) is 52.1 Å². The Kier molecular flexibility index (Phi) is 5.79. The zero-order valence-electron chi connectivity index (χ0n) is 14.3. The van der Waals surface area contributed by atoms with Crippen molar-refractivity contribution in [1.29, 1.82) is 0 Å². The third-order valence-corrected chi connectivity index (χ3v) is 7.32. The molecule has 138 valence electrons. The van der Waals surface area contributed by atoms with E-state index in [1.807, 2.05) is 29.0 Å². The van der Waals surface area contributed by atoms with Gasteiger partial charge in [0.15, 0.2) is 0 Å². The highest BCUT2D eigenvalue weighted by Crippen LogP contribution is 2.30. The number of hydrogen-bond donors (Lipinski definition) is 2. The van der Waals surface area contributed by atoms with Crippen LogP contribution in [0.3, 0.4) is 0 Å². The average Bonchev–Trinajstić information content (AvgIpc) is 3.31. The molecule has 3 aromatic rings. The van der Waals surface area contributed by atoms with E-state index in [9.17, 15) is 13.5 Å². The number of nitrogens with one attached hydrogen (secondary N) is 1. The van der Waals surface area contributed by atoms with Crippen LogP contribution in [0, 0.1) is 6.92 Å². The molecule has 0 aliphatic carbocycles. The van der Waals surface area contributed by atoms with E-state index < -0.39 is 16.1 Å². The summed E-state index contributed by atoms with van der Waals surface area (Å²) in [7, 11) is -2.09. The summed E-state index contributed by atoms with van der Waals surface area (Å²) < 4.78 is 32.8. The van der Waals surface area contributed by atoms with E-state index in [1.54, 1.807) is 26.2 Å². The summed E-state index contributed by atoms with van der Waals surface area (Å²) in [5.41, 5.74) is 1.47. The minimum absolute atomic E-state index is 0.175. The molecular weight excluding hydrogens is 390 g/mol. The lowest BCUT2D eigenvalue weighted by atomic mass is 10.2. The molecule has 5 nitrogen and oxygen atoms in total. The van der Waals surface area contributed by atoms with Gasteiger partial charge < -0.3 is 9.84 Å². The van der Waals surface area contributed by atoms with Crippen LogP contribution in [0.5, 0.6) is 5.75 Å². The topological polar surface area (TPSA) is 75.6 Å². The number of sulfonamides is 1. The van der Waals surface area contributed by atoms with E-state index in [-0.39, 0.29) is 11.4 Å². The third-order valence-electron chi connectivity index (χ3n) is 3.92. The van der Waals surface area contributed by atoms with Gasteiger partial charge in [-0.1, -0.05) is 0 Å². The first-order valence-electron chi connectivity index (χ1n) is 7.84. The highest BCUT2D eigenvalue weighted by Gasteiger charge is 2.18. The molecule has 1 unspecified atom stereocenters. The van der Waals surface area contributed by atoms with Crippen LogP contribution in [-0.2, 0) is 16.6 Å². The number of thiophene rings is 2. The second kappa shape index (κ2) is 7.89. The summed E-state index contributed by atoms with van der Waals surface area (Å²) in [6.45, 7) is 1.91. The molecule has 8 heteroatoms. The number of aliphatic hydroxyl groups is 1. The summed E-state index contributed by atoms with van der Waals surface area (Å²) in [5, 5.41) is 14.2. The zero-order chi connectivity index (χ0) is 18.7. The fourth-order valence-electron chi connectivity index (χ4n) is 2.53. The number of methoxy groups -OCH3 is 1. The number of hydrogen-bond acceptors (Lipinski definition) is 6. The standard InChI is InChI=1S/C18H19NO4S3/c1-12-9-14(23-2)3-6-17(12)26(21,22)19-10-15-4-5-16(25-15)18(20)13-7-8-24-11-13/h3-9,11,18-20H,10H2,1-2H3. The van der Waals surface area contributed by atoms with Crippen molar-refractivity contribution in [3.63, 3.8) is 0 Å². The van der Waals surface area contributed by atoms with Crippen molar-refractivity contribution in [2.24, 2.45) is 0 Å². The fraction of sp³-hybridized carbons (Fsp3) is 0.222. The Morgan fingerprint density at radius 3 is 2.69 bits per heavy atom. The third kappa shape index (κ3) is 4.16. The van der Waals surface area contributed by atoms with E-state index in [0.717, 1.165) is 15.3 Å². The highest BCUT2D eigenvalue weighted by molar-refractivity contribution is 7.89. The van der Waals surface area contributed by atoms with Gasteiger partial charge in [0.2, 0.25) is 10.0 Å². The smallest absolute Gasteiger partial charge is 0.241 e. The monoisotopic (exact) mass is 409 g/mol. The van der Waals surface area contributed by atoms with E-state index in [4.69, 9.17) is 4.74 Å². The predicted molar refractivity (Wildman–Crippen MR) is 104 cm³/mol. The van der Waals surface area contributed by atoms with Crippen molar-refractivity contribution in [1.82, 2.24) is 4.72 Å². The molecule has 2 aromatic heterocycles. The van der Waals surface area contributed by atoms with Crippen LogP contribution < -0.4 is 9.46 Å². The SMILES string of the molecule is COc1ccc(S(=O)(=O)NCc2ccc(C(O)c3ccsc3)s2)c(C)c1. The van der Waals surface area contributed by atoms with Gasteiger partial charge in [0.1, 0.15) is 11.9 Å². The number of benzene rings is 1. The second-order valence-corrected chi connectivity index (χ2v) is 9.43. The van der Waals surface area contributed by atoms with Gasteiger partial charge in [0, 0.05) is 16.3 Å². The minimum atomic E-state index is -3.63. The zero-order valence-corrected chi connectivity index (χ0v) is 16.7. The number of ether oxygens (including phenoxy) is 1. The van der Waals surface area contributed by atoms with E-state index >= 15 is 0 Å². The first kappa shape index (κ1) is 19.1. The second-order valence-electron chi connectivity index (χ2n) is 5.72. The fourth-order valence-corrected chi connectivity index (χ4v) is 5.49. The molecule has 3 rings (SSSR count). The molecule has 26 heavy (non-hydrogen) atoms. The van der Waals surface area contributed by atoms with Gasteiger partial charge in [0.25, 0.3) is 0 Å². The summed E-state index contributed by atoms with van der Waals surface area (Å²) in [6.07, 6.45) is -0.680. The predicted octanol–water partition coefficient (Wildman–Crippen LogP) is 3.69. The lowest BCUT2D eigenvalue weighted by Crippen LogP contribution is -2.23. The molecule has 1 atom stereocenters. The van der Waals surface area contributed by atoms with Gasteiger partial charge in [-0.05, 0) is 65.2 Å². The minimum Gasteiger partial charge on any atom is -0.497 e. The number of aryl methyl sites for hydroxylation is 1. The van der Waals surface area contributed by atoms with Crippen LogP contribution in [0.4, 0.5) is 0 Å². The first-order valence-corrected chi connectivity index (χ1v) is 11.1. The van der Waals surface area contributed by atoms with Crippen LogP contribution in [0.2, 0.25) is 0 Å². The maximum atomic E-state index is 12.6. The Bertz CT molecular complexity index is 978. The molecular formula is C18H19NO4S3. The Hall–Kier alpha value is -1.71. The van der Waals surface area contributed by atoms with Gasteiger partial charge in [-0.15, -0.1) is 11.3 Å². The average molecular weight is 410 g/mol. The quantitative estimate of drug-likeness (QED) is 0.624. The van der Waals surface area contributed by atoms with Crippen molar-refractivity contribution >= 4 is 32.7 Å². The normalized spacial score (nSPS) is 12.9. The molecule has 0 saturated heterocycles. The molecule has 0 aliphatic heterocycles. The van der Waals surface area contributed by atoms with E-state index in [2.05, 4.69) is 4.72 Å². The molecule has 0 bridgehead atoms. The van der Waals surface area contributed by atoms with Crippen molar-refractivity contribution in [3.8, 4) is 5.75 Å². The van der Waals surface area contributed by atoms with Crippen molar-refractivity contribution in [2.75, 3.05) is 7.11 Å². The maximum absolute atomic E-state index is 12.6. The Labute approximate surface area is 161 Å². The van der Waals surface area contributed by atoms with Gasteiger partial charge in [-0.25, -0.2) is 13.1 Å². The summed E-state index contributed by atoms with van der Waals surface area (Å²) in [5.74, 6) is 0.617. The lowest BCUT2D eigenvalue weighted by Gasteiger charge is -2.10. The van der Waals surface area contributed by atoms with Crippen LogP contribution in [0.1, 0.15) is 27.0 Å². The Morgan fingerprint density at radius 1 is 1.23 bits per heavy atom. The lowest BCUT2D eigenvalue weighted by molar-refractivity contribution is 0.224. The maximum Gasteiger partial charge on any atom is 0.241 e. The number of aliphatic hydroxyl groups excluding tert-OH is 1. The molecule has 0 aliphatic rings. The molecule has 2 N–H and O–H groups in total. The number of rotatable bonds is 7. The van der Waals surface area contributed by atoms with Gasteiger partial charge >= 0.3 is 0 Å². The molecule has 0 radical (unpaired) electrons. The van der Waals surface area contributed by atoms with Crippen LogP contribution in [0.25, 0.3) is 0 Å². The van der Waals surface area contributed by atoms with Crippen molar-refractivity contribution in [3.05, 3.63) is 68.0 Å².